The number of benzene rings is 1. The number of rotatable bonds is 7. The zero-order valence-corrected chi connectivity index (χ0v) is 13.6. The SMILES string of the molecule is C=CCCC1(CNC(=O)NS(=O)(=O)c2ccc(C)cc2)CC1. The van der Waals surface area contributed by atoms with E-state index in [0.717, 1.165) is 31.2 Å². The number of hydrogen-bond donors (Lipinski definition) is 2. The molecule has 1 aromatic rings. The fourth-order valence-electron chi connectivity index (χ4n) is 2.30. The van der Waals surface area contributed by atoms with Gasteiger partial charge in [-0.2, -0.15) is 0 Å². The first-order chi connectivity index (χ1) is 10.4. The third kappa shape index (κ3) is 4.34. The summed E-state index contributed by atoms with van der Waals surface area (Å²) < 4.78 is 26.2. The van der Waals surface area contributed by atoms with Crippen LogP contribution < -0.4 is 10.0 Å². The Hall–Kier alpha value is -1.82. The summed E-state index contributed by atoms with van der Waals surface area (Å²) in [7, 11) is -3.82. The zero-order valence-electron chi connectivity index (χ0n) is 12.8. The van der Waals surface area contributed by atoms with Crippen molar-refractivity contribution in [3.8, 4) is 0 Å². The molecule has 22 heavy (non-hydrogen) atoms. The molecule has 6 heteroatoms. The van der Waals surface area contributed by atoms with Crippen LogP contribution in [0.3, 0.4) is 0 Å². The maximum absolute atomic E-state index is 12.1. The molecule has 1 saturated carbocycles. The second-order valence-corrected chi connectivity index (χ2v) is 7.61. The Bertz CT molecular complexity index is 646. The first-order valence-corrected chi connectivity index (χ1v) is 8.83. The van der Waals surface area contributed by atoms with Crippen LogP contribution in [0.2, 0.25) is 0 Å². The predicted molar refractivity (Wildman–Crippen MR) is 86.0 cm³/mol. The molecule has 1 fully saturated rings. The minimum absolute atomic E-state index is 0.0843. The van der Waals surface area contributed by atoms with Gasteiger partial charge in [-0.25, -0.2) is 17.9 Å². The molecule has 0 saturated heterocycles. The molecule has 2 N–H and O–H groups in total. The van der Waals surface area contributed by atoms with Crippen molar-refractivity contribution in [3.05, 3.63) is 42.5 Å². The Kier molecular flexibility index (Phi) is 4.90. The van der Waals surface area contributed by atoms with E-state index in [4.69, 9.17) is 0 Å². The van der Waals surface area contributed by atoms with Crippen molar-refractivity contribution in [2.24, 2.45) is 5.41 Å². The lowest BCUT2D eigenvalue weighted by Crippen LogP contribution is -2.41. The Labute approximate surface area is 131 Å². The number of allylic oxidation sites excluding steroid dienone is 1. The quantitative estimate of drug-likeness (QED) is 0.758. The molecular formula is C16H22N2O3S. The van der Waals surface area contributed by atoms with Crippen LogP contribution in [0.4, 0.5) is 4.79 Å². The van der Waals surface area contributed by atoms with E-state index in [1.165, 1.54) is 12.1 Å². The van der Waals surface area contributed by atoms with Gasteiger partial charge >= 0.3 is 6.03 Å². The fourth-order valence-corrected chi connectivity index (χ4v) is 3.23. The molecule has 0 spiro atoms. The van der Waals surface area contributed by atoms with Gasteiger partial charge in [-0.3, -0.25) is 0 Å². The average molecular weight is 322 g/mol. The van der Waals surface area contributed by atoms with Crippen molar-refractivity contribution < 1.29 is 13.2 Å². The van der Waals surface area contributed by atoms with Gasteiger partial charge in [0.25, 0.3) is 10.0 Å². The van der Waals surface area contributed by atoms with Crippen molar-refractivity contribution in [1.82, 2.24) is 10.0 Å². The van der Waals surface area contributed by atoms with Crippen molar-refractivity contribution in [1.29, 1.82) is 0 Å². The monoisotopic (exact) mass is 322 g/mol. The van der Waals surface area contributed by atoms with Crippen LogP contribution in [0, 0.1) is 12.3 Å². The lowest BCUT2D eigenvalue weighted by molar-refractivity contribution is 0.242. The number of aryl methyl sites for hydroxylation is 1. The number of sulfonamides is 1. The smallest absolute Gasteiger partial charge is 0.328 e. The largest absolute Gasteiger partial charge is 0.337 e. The molecule has 0 radical (unpaired) electrons. The van der Waals surface area contributed by atoms with Gasteiger partial charge in [-0.1, -0.05) is 23.8 Å². The van der Waals surface area contributed by atoms with Crippen LogP contribution in [0.25, 0.3) is 0 Å². The van der Waals surface area contributed by atoms with Gasteiger partial charge < -0.3 is 5.32 Å². The number of carbonyl (C=O) groups excluding carboxylic acids is 1. The highest BCUT2D eigenvalue weighted by molar-refractivity contribution is 7.90. The summed E-state index contributed by atoms with van der Waals surface area (Å²) >= 11 is 0. The summed E-state index contributed by atoms with van der Waals surface area (Å²) in [6.07, 6.45) is 5.87. The van der Waals surface area contributed by atoms with E-state index in [0.29, 0.717) is 6.54 Å². The van der Waals surface area contributed by atoms with Crippen LogP contribution in [0.5, 0.6) is 0 Å². The van der Waals surface area contributed by atoms with Crippen molar-refractivity contribution in [2.75, 3.05) is 6.54 Å². The number of carbonyl (C=O) groups is 1. The van der Waals surface area contributed by atoms with Gasteiger partial charge in [0.05, 0.1) is 4.90 Å². The molecule has 1 aliphatic rings. The topological polar surface area (TPSA) is 75.3 Å². The van der Waals surface area contributed by atoms with Gasteiger partial charge in [0.2, 0.25) is 0 Å². The molecule has 5 nitrogen and oxygen atoms in total. The Morgan fingerprint density at radius 1 is 1.32 bits per heavy atom. The molecule has 0 unspecified atom stereocenters. The Morgan fingerprint density at radius 3 is 2.50 bits per heavy atom. The molecule has 2 rings (SSSR count). The maximum atomic E-state index is 12.1. The van der Waals surface area contributed by atoms with E-state index in [-0.39, 0.29) is 10.3 Å². The van der Waals surface area contributed by atoms with Crippen LogP contribution in [0.1, 0.15) is 31.2 Å². The highest BCUT2D eigenvalue weighted by Crippen LogP contribution is 2.49. The number of nitrogens with one attached hydrogen (secondary N) is 2. The molecule has 0 aromatic heterocycles. The predicted octanol–water partition coefficient (Wildman–Crippen LogP) is 2.73. The summed E-state index contributed by atoms with van der Waals surface area (Å²) in [5, 5.41) is 2.67. The van der Waals surface area contributed by atoms with Crippen LogP contribution in [0.15, 0.2) is 41.8 Å². The van der Waals surface area contributed by atoms with Crippen molar-refractivity contribution >= 4 is 16.1 Å². The molecular weight excluding hydrogens is 300 g/mol. The highest BCUT2D eigenvalue weighted by atomic mass is 32.2. The third-order valence-electron chi connectivity index (χ3n) is 4.02. The number of hydrogen-bond acceptors (Lipinski definition) is 3. The van der Waals surface area contributed by atoms with E-state index in [1.807, 2.05) is 13.0 Å². The second kappa shape index (κ2) is 6.52. The van der Waals surface area contributed by atoms with Crippen LogP contribution >= 0.6 is 0 Å². The Balaban J connectivity index is 1.88. The molecule has 0 atom stereocenters. The van der Waals surface area contributed by atoms with E-state index >= 15 is 0 Å². The Morgan fingerprint density at radius 2 is 1.95 bits per heavy atom. The molecule has 1 aromatic carbocycles. The fraction of sp³-hybridized carbons (Fsp3) is 0.438. The molecule has 0 heterocycles. The summed E-state index contributed by atoms with van der Waals surface area (Å²) in [5.74, 6) is 0. The van der Waals surface area contributed by atoms with Gasteiger partial charge in [0, 0.05) is 6.54 Å². The first kappa shape index (κ1) is 16.5. The third-order valence-corrected chi connectivity index (χ3v) is 5.37. The van der Waals surface area contributed by atoms with Gasteiger partial charge in [0.1, 0.15) is 0 Å². The summed E-state index contributed by atoms with van der Waals surface area (Å²) in [6, 6.07) is 5.68. The lowest BCUT2D eigenvalue weighted by Gasteiger charge is -2.15. The van der Waals surface area contributed by atoms with Crippen LogP contribution in [-0.2, 0) is 10.0 Å². The van der Waals surface area contributed by atoms with E-state index in [2.05, 4.69) is 16.6 Å². The molecule has 1 aliphatic carbocycles. The highest BCUT2D eigenvalue weighted by Gasteiger charge is 2.41. The standard InChI is InChI=1S/C16H22N2O3S/c1-3-4-9-16(10-11-16)12-17-15(19)18-22(20,21)14-7-5-13(2)6-8-14/h3,5-8H,1,4,9-12H2,2H3,(H2,17,18,19). The minimum Gasteiger partial charge on any atom is -0.337 e. The average Bonchev–Trinajstić information content (AvgIpc) is 3.24. The zero-order chi connectivity index (χ0) is 16.2. The molecule has 0 bridgehead atoms. The summed E-state index contributed by atoms with van der Waals surface area (Å²) in [4.78, 5) is 11.9. The number of amides is 2. The van der Waals surface area contributed by atoms with E-state index in [1.54, 1.807) is 12.1 Å². The van der Waals surface area contributed by atoms with Crippen molar-refractivity contribution in [3.63, 3.8) is 0 Å². The first-order valence-electron chi connectivity index (χ1n) is 7.35. The van der Waals surface area contributed by atoms with E-state index in [9.17, 15) is 13.2 Å². The van der Waals surface area contributed by atoms with Crippen LogP contribution in [-0.4, -0.2) is 21.0 Å². The molecule has 0 aliphatic heterocycles. The van der Waals surface area contributed by atoms with E-state index < -0.39 is 16.1 Å². The van der Waals surface area contributed by atoms with Gasteiger partial charge in [-0.15, -0.1) is 6.58 Å². The molecule has 2 amide bonds. The maximum Gasteiger partial charge on any atom is 0.328 e. The van der Waals surface area contributed by atoms with Crippen molar-refractivity contribution in [2.45, 2.75) is 37.5 Å². The summed E-state index contributed by atoms with van der Waals surface area (Å²) in [5.41, 5.74) is 1.08. The van der Waals surface area contributed by atoms with Gasteiger partial charge in [0.15, 0.2) is 0 Å². The van der Waals surface area contributed by atoms with Gasteiger partial charge in [-0.05, 0) is 50.2 Å². The normalized spacial score (nSPS) is 15.9. The summed E-state index contributed by atoms with van der Waals surface area (Å²) in [6.45, 7) is 6.06. The minimum atomic E-state index is -3.82. The number of urea groups is 1. The lowest BCUT2D eigenvalue weighted by atomic mass is 10.0. The second-order valence-electron chi connectivity index (χ2n) is 5.93. The molecule has 120 valence electrons.